The van der Waals surface area contributed by atoms with E-state index in [0.29, 0.717) is 6.54 Å². The van der Waals surface area contributed by atoms with Crippen LogP contribution in [0.15, 0.2) is 35.3 Å². The Morgan fingerprint density at radius 2 is 2.00 bits per heavy atom. The lowest BCUT2D eigenvalue weighted by Gasteiger charge is -2.18. The predicted molar refractivity (Wildman–Crippen MR) is 104 cm³/mol. The molecule has 0 aliphatic rings. The number of guanidine groups is 1. The molecule has 0 fully saturated rings. The molecule has 21 heavy (non-hydrogen) atoms. The minimum absolute atomic E-state index is 0. The molecule has 1 aromatic rings. The molecule has 0 amide bonds. The van der Waals surface area contributed by atoms with Crippen molar-refractivity contribution in [2.45, 2.75) is 12.3 Å². The molecule has 0 saturated carbocycles. The monoisotopic (exact) mass is 423 g/mol. The molecular weight excluding hydrogens is 397 g/mol. The molecule has 3 N–H and O–H groups in total. The zero-order valence-corrected chi connectivity index (χ0v) is 15.9. The van der Waals surface area contributed by atoms with Crippen LogP contribution in [0.2, 0.25) is 0 Å². The lowest BCUT2D eigenvalue weighted by molar-refractivity contribution is 0.265. The summed E-state index contributed by atoms with van der Waals surface area (Å²) in [5, 5.41) is 16.1. The Morgan fingerprint density at radius 1 is 1.29 bits per heavy atom. The van der Waals surface area contributed by atoms with Crippen LogP contribution in [0.3, 0.4) is 0 Å². The van der Waals surface area contributed by atoms with Crippen molar-refractivity contribution in [2.75, 3.05) is 38.8 Å². The van der Waals surface area contributed by atoms with E-state index in [1.165, 1.54) is 0 Å². The van der Waals surface area contributed by atoms with Crippen molar-refractivity contribution in [3.8, 4) is 0 Å². The van der Waals surface area contributed by atoms with Crippen molar-refractivity contribution in [3.05, 3.63) is 35.9 Å². The van der Waals surface area contributed by atoms with E-state index in [9.17, 15) is 5.11 Å². The number of nitrogens with one attached hydrogen (secondary N) is 2. The van der Waals surface area contributed by atoms with Crippen molar-refractivity contribution in [3.63, 3.8) is 0 Å². The Kier molecular flexibility index (Phi) is 12.9. The molecule has 0 saturated heterocycles. The number of halogens is 1. The zero-order chi connectivity index (χ0) is 14.6. The number of benzene rings is 1. The van der Waals surface area contributed by atoms with Crippen molar-refractivity contribution < 1.29 is 5.11 Å². The van der Waals surface area contributed by atoms with E-state index in [4.69, 9.17) is 0 Å². The molecule has 120 valence electrons. The van der Waals surface area contributed by atoms with Gasteiger partial charge in [0.2, 0.25) is 0 Å². The van der Waals surface area contributed by atoms with E-state index in [1.807, 2.05) is 42.1 Å². The SMILES string of the molecule is CN=C(NCCCSC)NCC(CO)c1ccccc1.I. The first-order chi connectivity index (χ1) is 9.81. The number of rotatable bonds is 8. The van der Waals surface area contributed by atoms with Crippen LogP contribution in [-0.4, -0.2) is 49.8 Å². The molecule has 0 radical (unpaired) electrons. The molecule has 0 heterocycles. The molecule has 1 atom stereocenters. The summed E-state index contributed by atoms with van der Waals surface area (Å²) in [7, 11) is 1.76. The van der Waals surface area contributed by atoms with E-state index in [0.717, 1.165) is 30.2 Å². The molecular formula is C15H26IN3OS. The van der Waals surface area contributed by atoms with Gasteiger partial charge >= 0.3 is 0 Å². The fraction of sp³-hybridized carbons (Fsp3) is 0.533. The Balaban J connectivity index is 0.00000400. The third-order valence-electron chi connectivity index (χ3n) is 3.05. The summed E-state index contributed by atoms with van der Waals surface area (Å²) in [5.74, 6) is 2.02. The Hall–Kier alpha value is -0.470. The Morgan fingerprint density at radius 3 is 2.57 bits per heavy atom. The number of thioether (sulfide) groups is 1. The number of nitrogens with zero attached hydrogens (tertiary/aromatic N) is 1. The first-order valence-electron chi connectivity index (χ1n) is 6.91. The molecule has 1 aromatic carbocycles. The molecule has 1 rings (SSSR count). The zero-order valence-electron chi connectivity index (χ0n) is 12.7. The van der Waals surface area contributed by atoms with E-state index >= 15 is 0 Å². The lowest BCUT2D eigenvalue weighted by atomic mass is 10.0. The van der Waals surface area contributed by atoms with Gasteiger partial charge in [-0.1, -0.05) is 30.3 Å². The number of aliphatic hydroxyl groups excluding tert-OH is 1. The van der Waals surface area contributed by atoms with E-state index in [2.05, 4.69) is 21.9 Å². The average Bonchev–Trinajstić information content (AvgIpc) is 2.51. The van der Waals surface area contributed by atoms with E-state index in [1.54, 1.807) is 7.05 Å². The molecule has 0 aliphatic heterocycles. The maximum Gasteiger partial charge on any atom is 0.190 e. The highest BCUT2D eigenvalue weighted by Gasteiger charge is 2.10. The largest absolute Gasteiger partial charge is 0.396 e. The lowest BCUT2D eigenvalue weighted by Crippen LogP contribution is -2.40. The van der Waals surface area contributed by atoms with Gasteiger partial charge in [-0.25, -0.2) is 0 Å². The maximum atomic E-state index is 9.51. The second-order valence-electron chi connectivity index (χ2n) is 4.52. The van der Waals surface area contributed by atoms with Gasteiger partial charge in [0.15, 0.2) is 5.96 Å². The van der Waals surface area contributed by atoms with Crippen molar-refractivity contribution in [1.82, 2.24) is 10.6 Å². The van der Waals surface area contributed by atoms with Crippen LogP contribution in [0.5, 0.6) is 0 Å². The molecule has 1 unspecified atom stereocenters. The van der Waals surface area contributed by atoms with Crippen molar-refractivity contribution in [1.29, 1.82) is 0 Å². The smallest absolute Gasteiger partial charge is 0.190 e. The van der Waals surface area contributed by atoms with Gasteiger partial charge in [0, 0.05) is 26.1 Å². The fourth-order valence-corrected chi connectivity index (χ4v) is 2.31. The molecule has 0 aromatic heterocycles. The molecule has 4 nitrogen and oxygen atoms in total. The molecule has 0 bridgehead atoms. The third kappa shape index (κ3) is 8.53. The van der Waals surface area contributed by atoms with E-state index in [-0.39, 0.29) is 36.5 Å². The summed E-state index contributed by atoms with van der Waals surface area (Å²) < 4.78 is 0. The Bertz CT molecular complexity index is 390. The minimum Gasteiger partial charge on any atom is -0.396 e. The number of hydrogen-bond acceptors (Lipinski definition) is 3. The van der Waals surface area contributed by atoms with Crippen molar-refractivity contribution >= 4 is 41.7 Å². The summed E-state index contributed by atoms with van der Waals surface area (Å²) in [4.78, 5) is 4.19. The summed E-state index contributed by atoms with van der Waals surface area (Å²) in [6.07, 6.45) is 3.22. The first kappa shape index (κ1) is 20.5. The first-order valence-corrected chi connectivity index (χ1v) is 8.30. The van der Waals surface area contributed by atoms with Gasteiger partial charge in [0.25, 0.3) is 0 Å². The van der Waals surface area contributed by atoms with Crippen LogP contribution in [0.1, 0.15) is 17.9 Å². The fourth-order valence-electron chi connectivity index (χ4n) is 1.88. The highest BCUT2D eigenvalue weighted by atomic mass is 127. The quantitative estimate of drug-likeness (QED) is 0.260. The third-order valence-corrected chi connectivity index (χ3v) is 3.75. The van der Waals surface area contributed by atoms with Gasteiger partial charge in [0.1, 0.15) is 0 Å². The molecule has 0 aliphatic carbocycles. The van der Waals surface area contributed by atoms with Gasteiger partial charge in [-0.05, 0) is 24.0 Å². The van der Waals surface area contributed by atoms with Crippen LogP contribution in [-0.2, 0) is 0 Å². The predicted octanol–water partition coefficient (Wildman–Crippen LogP) is 2.30. The second kappa shape index (κ2) is 13.2. The summed E-state index contributed by atoms with van der Waals surface area (Å²) in [5.41, 5.74) is 1.14. The molecule has 0 spiro atoms. The summed E-state index contributed by atoms with van der Waals surface area (Å²) in [6.45, 7) is 1.71. The topological polar surface area (TPSA) is 56.7 Å². The highest BCUT2D eigenvalue weighted by molar-refractivity contribution is 14.0. The van der Waals surface area contributed by atoms with Crippen molar-refractivity contribution in [2.24, 2.45) is 4.99 Å². The van der Waals surface area contributed by atoms with Crippen LogP contribution >= 0.6 is 35.7 Å². The summed E-state index contributed by atoms with van der Waals surface area (Å²) in [6, 6.07) is 10.0. The van der Waals surface area contributed by atoms with E-state index < -0.39 is 0 Å². The standard InChI is InChI=1S/C15H25N3OS.HI/c1-16-15(17-9-6-10-20-2)18-11-14(12-19)13-7-4-3-5-8-13;/h3-5,7-8,14,19H,6,9-12H2,1-2H3,(H2,16,17,18);1H. The minimum atomic E-state index is 0. The number of hydrogen-bond donors (Lipinski definition) is 3. The van der Waals surface area contributed by atoms with Gasteiger partial charge in [-0.2, -0.15) is 11.8 Å². The normalized spacial score (nSPS) is 12.4. The van der Waals surface area contributed by atoms with Gasteiger partial charge < -0.3 is 15.7 Å². The maximum absolute atomic E-state index is 9.51. The summed E-state index contributed by atoms with van der Waals surface area (Å²) >= 11 is 1.85. The highest BCUT2D eigenvalue weighted by Crippen LogP contribution is 2.13. The Labute approximate surface area is 149 Å². The second-order valence-corrected chi connectivity index (χ2v) is 5.50. The van der Waals surface area contributed by atoms with Gasteiger partial charge in [0.05, 0.1) is 6.61 Å². The van der Waals surface area contributed by atoms with Gasteiger partial charge in [-0.3, -0.25) is 4.99 Å². The van der Waals surface area contributed by atoms with Crippen LogP contribution in [0.4, 0.5) is 0 Å². The molecule has 6 heteroatoms. The number of aliphatic hydroxyl groups is 1. The van der Waals surface area contributed by atoms with Crippen LogP contribution < -0.4 is 10.6 Å². The van der Waals surface area contributed by atoms with Gasteiger partial charge in [-0.15, -0.1) is 24.0 Å². The average molecular weight is 423 g/mol. The van der Waals surface area contributed by atoms with Crippen LogP contribution in [0.25, 0.3) is 0 Å². The number of aliphatic imine (C=N–C) groups is 1. The van der Waals surface area contributed by atoms with Crippen LogP contribution in [0, 0.1) is 0 Å².